The van der Waals surface area contributed by atoms with Gasteiger partial charge in [0.15, 0.2) is 0 Å². The maximum Gasteiger partial charge on any atom is 0.0739 e. The Morgan fingerprint density at radius 2 is 2.05 bits per heavy atom. The third-order valence-electron chi connectivity index (χ3n) is 3.26. The van der Waals surface area contributed by atoms with E-state index in [9.17, 15) is 0 Å². The number of hydrogen-bond acceptors (Lipinski definition) is 3. The SMILES string of the molecule is CCn1nc(C)c(Br)c1CNCc1cc(C)c(C)s1. The molecule has 5 heteroatoms. The number of aryl methyl sites for hydroxylation is 4. The fourth-order valence-electron chi connectivity index (χ4n) is 2.08. The molecule has 0 unspecified atom stereocenters. The molecule has 104 valence electrons. The van der Waals surface area contributed by atoms with Crippen LogP contribution in [0, 0.1) is 20.8 Å². The van der Waals surface area contributed by atoms with Crippen LogP contribution >= 0.6 is 27.3 Å². The van der Waals surface area contributed by atoms with Crippen molar-refractivity contribution in [2.24, 2.45) is 0 Å². The van der Waals surface area contributed by atoms with Crippen molar-refractivity contribution in [3.05, 3.63) is 37.2 Å². The van der Waals surface area contributed by atoms with Crippen LogP contribution in [0.3, 0.4) is 0 Å². The number of hydrogen-bond donors (Lipinski definition) is 1. The monoisotopic (exact) mass is 341 g/mol. The highest BCUT2D eigenvalue weighted by atomic mass is 79.9. The van der Waals surface area contributed by atoms with Crippen LogP contribution in [-0.2, 0) is 19.6 Å². The van der Waals surface area contributed by atoms with E-state index < -0.39 is 0 Å². The molecule has 2 aromatic rings. The second-order valence-electron chi connectivity index (χ2n) is 4.72. The molecule has 0 saturated carbocycles. The van der Waals surface area contributed by atoms with Gasteiger partial charge in [-0.2, -0.15) is 5.10 Å². The van der Waals surface area contributed by atoms with Crippen molar-refractivity contribution in [2.75, 3.05) is 0 Å². The summed E-state index contributed by atoms with van der Waals surface area (Å²) in [6, 6.07) is 2.27. The molecule has 2 heterocycles. The van der Waals surface area contributed by atoms with Gasteiger partial charge >= 0.3 is 0 Å². The molecule has 0 aliphatic rings. The van der Waals surface area contributed by atoms with Gasteiger partial charge < -0.3 is 5.32 Å². The smallest absolute Gasteiger partial charge is 0.0739 e. The summed E-state index contributed by atoms with van der Waals surface area (Å²) in [6.45, 7) is 11.2. The summed E-state index contributed by atoms with van der Waals surface area (Å²) in [5.41, 5.74) is 3.67. The van der Waals surface area contributed by atoms with Crippen molar-refractivity contribution in [3.63, 3.8) is 0 Å². The Morgan fingerprint density at radius 3 is 2.63 bits per heavy atom. The van der Waals surface area contributed by atoms with Crippen LogP contribution in [0.5, 0.6) is 0 Å². The van der Waals surface area contributed by atoms with Crippen molar-refractivity contribution >= 4 is 27.3 Å². The Balaban J connectivity index is 1.99. The number of nitrogens with zero attached hydrogens (tertiary/aromatic N) is 2. The van der Waals surface area contributed by atoms with Crippen LogP contribution in [0.4, 0.5) is 0 Å². The van der Waals surface area contributed by atoms with Gasteiger partial charge in [-0.25, -0.2) is 0 Å². The van der Waals surface area contributed by atoms with Crippen LogP contribution in [0.15, 0.2) is 10.5 Å². The normalized spacial score (nSPS) is 11.2. The molecule has 0 saturated heterocycles. The molecule has 0 aromatic carbocycles. The van der Waals surface area contributed by atoms with Gasteiger partial charge in [-0.05, 0) is 55.3 Å². The number of halogens is 1. The van der Waals surface area contributed by atoms with Gasteiger partial charge in [0.2, 0.25) is 0 Å². The van der Waals surface area contributed by atoms with Crippen LogP contribution in [0.1, 0.15) is 33.6 Å². The molecule has 0 amide bonds. The highest BCUT2D eigenvalue weighted by molar-refractivity contribution is 9.10. The second kappa shape index (κ2) is 6.20. The first kappa shape index (κ1) is 14.8. The lowest BCUT2D eigenvalue weighted by Crippen LogP contribution is -2.16. The van der Waals surface area contributed by atoms with Crippen molar-refractivity contribution in [1.82, 2.24) is 15.1 Å². The first-order chi connectivity index (χ1) is 9.02. The van der Waals surface area contributed by atoms with E-state index in [1.165, 1.54) is 21.0 Å². The number of nitrogens with one attached hydrogen (secondary N) is 1. The lowest BCUT2D eigenvalue weighted by molar-refractivity contribution is 0.579. The molecule has 2 rings (SSSR count). The zero-order chi connectivity index (χ0) is 14.0. The molecule has 0 fully saturated rings. The second-order valence-corrected chi connectivity index (χ2v) is 6.85. The van der Waals surface area contributed by atoms with E-state index in [2.05, 4.69) is 57.9 Å². The predicted octanol–water partition coefficient (Wildman–Crippen LogP) is 3.94. The lowest BCUT2D eigenvalue weighted by Gasteiger charge is -2.06. The van der Waals surface area contributed by atoms with E-state index in [-0.39, 0.29) is 0 Å². The quantitative estimate of drug-likeness (QED) is 0.892. The van der Waals surface area contributed by atoms with E-state index >= 15 is 0 Å². The van der Waals surface area contributed by atoms with Crippen molar-refractivity contribution in [3.8, 4) is 0 Å². The summed E-state index contributed by atoms with van der Waals surface area (Å²) in [6.07, 6.45) is 0. The van der Waals surface area contributed by atoms with Crippen LogP contribution in [0.2, 0.25) is 0 Å². The average molecular weight is 342 g/mol. The van der Waals surface area contributed by atoms with E-state index in [0.717, 1.165) is 29.8 Å². The molecule has 0 aliphatic carbocycles. The van der Waals surface area contributed by atoms with E-state index in [0.29, 0.717) is 0 Å². The van der Waals surface area contributed by atoms with E-state index in [4.69, 9.17) is 0 Å². The Bertz CT molecular complexity index is 552. The number of rotatable bonds is 5. The predicted molar refractivity (Wildman–Crippen MR) is 84.7 cm³/mol. The van der Waals surface area contributed by atoms with E-state index in [1.54, 1.807) is 0 Å². The third kappa shape index (κ3) is 3.27. The summed E-state index contributed by atoms with van der Waals surface area (Å²) >= 11 is 5.50. The molecule has 0 radical (unpaired) electrons. The first-order valence-corrected chi connectivity index (χ1v) is 8.12. The minimum atomic E-state index is 0.839. The van der Waals surface area contributed by atoms with Crippen LogP contribution in [0.25, 0.3) is 0 Å². The van der Waals surface area contributed by atoms with Gasteiger partial charge in [-0.1, -0.05) is 0 Å². The first-order valence-electron chi connectivity index (χ1n) is 6.51. The van der Waals surface area contributed by atoms with Crippen molar-refractivity contribution in [1.29, 1.82) is 0 Å². The molecular weight excluding hydrogens is 322 g/mol. The standard InChI is InChI=1S/C14H20BrN3S/c1-5-18-13(14(15)10(3)17-18)8-16-7-12-6-9(2)11(4)19-12/h6,16H,5,7-8H2,1-4H3. The minimum Gasteiger partial charge on any atom is -0.306 e. The summed E-state index contributed by atoms with van der Waals surface area (Å²) in [7, 11) is 0. The lowest BCUT2D eigenvalue weighted by atomic mass is 10.3. The molecule has 19 heavy (non-hydrogen) atoms. The molecule has 2 aromatic heterocycles. The molecular formula is C14H20BrN3S. The summed E-state index contributed by atoms with van der Waals surface area (Å²) in [5.74, 6) is 0. The maximum absolute atomic E-state index is 4.50. The van der Waals surface area contributed by atoms with Crippen molar-refractivity contribution < 1.29 is 0 Å². The summed E-state index contributed by atoms with van der Waals surface area (Å²) < 4.78 is 3.18. The maximum atomic E-state index is 4.50. The highest BCUT2D eigenvalue weighted by Gasteiger charge is 2.11. The van der Waals surface area contributed by atoms with Gasteiger partial charge in [0.1, 0.15) is 0 Å². The highest BCUT2D eigenvalue weighted by Crippen LogP contribution is 2.22. The molecule has 1 N–H and O–H groups in total. The van der Waals surface area contributed by atoms with Gasteiger partial charge in [0.05, 0.1) is 15.9 Å². The van der Waals surface area contributed by atoms with Gasteiger partial charge in [0.25, 0.3) is 0 Å². The van der Waals surface area contributed by atoms with Gasteiger partial charge in [0, 0.05) is 29.4 Å². The fraction of sp³-hybridized carbons (Fsp3) is 0.500. The van der Waals surface area contributed by atoms with Gasteiger partial charge in [-0.3, -0.25) is 4.68 Å². The van der Waals surface area contributed by atoms with Crippen molar-refractivity contribution in [2.45, 2.75) is 47.3 Å². The molecule has 0 atom stereocenters. The molecule has 0 spiro atoms. The Hall–Kier alpha value is -0.650. The number of aromatic nitrogens is 2. The Labute approximate surface area is 127 Å². The van der Waals surface area contributed by atoms with Crippen LogP contribution < -0.4 is 5.32 Å². The Kier molecular flexibility index (Phi) is 4.81. The molecule has 0 aliphatic heterocycles. The third-order valence-corrected chi connectivity index (χ3v) is 5.45. The van der Waals surface area contributed by atoms with Gasteiger partial charge in [-0.15, -0.1) is 11.3 Å². The Morgan fingerprint density at radius 1 is 1.32 bits per heavy atom. The van der Waals surface area contributed by atoms with Crippen LogP contribution in [-0.4, -0.2) is 9.78 Å². The molecule has 3 nitrogen and oxygen atoms in total. The topological polar surface area (TPSA) is 29.9 Å². The summed E-state index contributed by atoms with van der Waals surface area (Å²) in [4.78, 5) is 2.80. The largest absolute Gasteiger partial charge is 0.306 e. The fourth-order valence-corrected chi connectivity index (χ4v) is 3.53. The minimum absolute atomic E-state index is 0.839. The zero-order valence-electron chi connectivity index (χ0n) is 11.9. The summed E-state index contributed by atoms with van der Waals surface area (Å²) in [5, 5.41) is 8.01. The zero-order valence-corrected chi connectivity index (χ0v) is 14.3. The van der Waals surface area contributed by atoms with E-state index in [1.807, 2.05) is 18.3 Å². The molecule has 0 bridgehead atoms. The number of thiophene rings is 1. The average Bonchev–Trinajstić information content (AvgIpc) is 2.83.